The number of aliphatic hydroxyl groups is 1. The Morgan fingerprint density at radius 2 is 1.97 bits per heavy atom. The van der Waals surface area contributed by atoms with Crippen LogP contribution < -0.4 is 15.0 Å². The summed E-state index contributed by atoms with van der Waals surface area (Å²) in [6, 6.07) is 7.23. The fraction of sp³-hybridized carbons (Fsp3) is 0.308. The molecule has 0 radical (unpaired) electrons. The Kier molecular flexibility index (Phi) is 7.30. The molecule has 0 saturated heterocycles. The third-order valence-electron chi connectivity index (χ3n) is 6.19. The van der Waals surface area contributed by atoms with E-state index in [9.17, 15) is 5.11 Å². The Balaban J connectivity index is 1.60. The summed E-state index contributed by atoms with van der Waals surface area (Å²) in [6.45, 7) is 5.45. The van der Waals surface area contributed by atoms with Gasteiger partial charge in [0.1, 0.15) is 34.9 Å². The molecule has 1 unspecified atom stereocenters. The molecule has 1 aliphatic heterocycles. The van der Waals surface area contributed by atoms with Crippen LogP contribution in [0, 0.1) is 13.8 Å². The summed E-state index contributed by atoms with van der Waals surface area (Å²) in [6.07, 6.45) is 2.99. The van der Waals surface area contributed by atoms with Crippen LogP contribution in [-0.4, -0.2) is 51.5 Å². The van der Waals surface area contributed by atoms with Gasteiger partial charge in [0.05, 0.1) is 16.3 Å². The number of anilines is 1. The molecule has 1 atom stereocenters. The number of benzene rings is 1. The first-order chi connectivity index (χ1) is 17.9. The lowest BCUT2D eigenvalue weighted by Crippen LogP contribution is -2.29. The topological polar surface area (TPSA) is 109 Å². The molecule has 1 aromatic carbocycles. The maximum atomic E-state index is 10.0. The van der Waals surface area contributed by atoms with Gasteiger partial charge in [0.15, 0.2) is 11.6 Å². The van der Waals surface area contributed by atoms with Crippen LogP contribution >= 0.6 is 23.2 Å². The molecule has 0 aliphatic carbocycles. The fourth-order valence-corrected chi connectivity index (χ4v) is 4.87. The van der Waals surface area contributed by atoms with E-state index in [1.807, 2.05) is 26.1 Å². The van der Waals surface area contributed by atoms with E-state index in [1.54, 1.807) is 31.4 Å². The van der Waals surface area contributed by atoms with Gasteiger partial charge in [0.2, 0.25) is 0 Å². The van der Waals surface area contributed by atoms with Crippen molar-refractivity contribution in [3.63, 3.8) is 0 Å². The summed E-state index contributed by atoms with van der Waals surface area (Å²) >= 11 is 13.6. The van der Waals surface area contributed by atoms with Crippen LogP contribution in [-0.2, 0) is 13.1 Å². The second kappa shape index (κ2) is 10.6. The van der Waals surface area contributed by atoms with E-state index in [2.05, 4.69) is 20.4 Å². The van der Waals surface area contributed by atoms with Gasteiger partial charge in [-0.2, -0.15) is 0 Å². The smallest absolute Gasteiger partial charge is 0.163 e. The molecular weight excluding hydrogens is 515 g/mol. The molecule has 0 bridgehead atoms. The monoisotopic (exact) mass is 540 g/mol. The van der Waals surface area contributed by atoms with Gasteiger partial charge < -0.3 is 24.6 Å². The molecule has 1 aliphatic rings. The van der Waals surface area contributed by atoms with E-state index >= 15 is 0 Å². The number of hydrogen-bond donors (Lipinski definition) is 2. The lowest BCUT2D eigenvalue weighted by Gasteiger charge is -2.21. The SMILES string of the molecule is CNCC(O)COc1ccc(Cl)c(-c2nc(-c3c(C)noc3C)c(Cl)c(N3Cc4ccncc4C3)n2)c1. The van der Waals surface area contributed by atoms with E-state index in [0.29, 0.717) is 75.3 Å². The first-order valence-electron chi connectivity index (χ1n) is 11.8. The zero-order chi connectivity index (χ0) is 26.1. The quantitative estimate of drug-likeness (QED) is 0.331. The predicted octanol–water partition coefficient (Wildman–Crippen LogP) is 4.60. The van der Waals surface area contributed by atoms with E-state index in [1.165, 1.54) is 5.56 Å². The zero-order valence-electron chi connectivity index (χ0n) is 20.6. The van der Waals surface area contributed by atoms with Gasteiger partial charge in [-0.1, -0.05) is 28.4 Å². The number of fused-ring (bicyclic) bond motifs is 1. The number of aliphatic hydroxyl groups excluding tert-OH is 1. The van der Waals surface area contributed by atoms with Gasteiger partial charge in [-0.3, -0.25) is 4.98 Å². The van der Waals surface area contributed by atoms with Crippen molar-refractivity contribution >= 4 is 29.0 Å². The standard InChI is InChI=1S/C26H26Cl2N6O3/c1-14-22(15(2)37-33-14)24-23(28)26(34-11-16-6-7-30-9-17(16)12-34)32-25(31-24)20-8-19(4-5-21(20)27)36-13-18(35)10-29-3/h4-9,18,29,35H,10-13H2,1-3H3. The molecule has 4 aromatic rings. The van der Waals surface area contributed by atoms with Crippen molar-refractivity contribution in [2.24, 2.45) is 0 Å². The third-order valence-corrected chi connectivity index (χ3v) is 6.87. The fourth-order valence-electron chi connectivity index (χ4n) is 4.37. The van der Waals surface area contributed by atoms with Crippen LogP contribution in [0.15, 0.2) is 41.2 Å². The van der Waals surface area contributed by atoms with Gasteiger partial charge in [-0.05, 0) is 56.3 Å². The van der Waals surface area contributed by atoms with Gasteiger partial charge in [0, 0.05) is 37.6 Å². The highest BCUT2D eigenvalue weighted by molar-refractivity contribution is 6.36. The number of rotatable bonds is 8. The van der Waals surface area contributed by atoms with E-state index in [-0.39, 0.29) is 6.61 Å². The molecule has 2 N–H and O–H groups in total. The summed E-state index contributed by atoms with van der Waals surface area (Å²) in [4.78, 5) is 16.0. The average molecular weight is 541 g/mol. The number of nitrogens with zero attached hydrogens (tertiary/aromatic N) is 5. The molecule has 5 rings (SSSR count). The summed E-state index contributed by atoms with van der Waals surface area (Å²) in [5.74, 6) is 2.10. The number of ether oxygens (including phenoxy) is 1. The zero-order valence-corrected chi connectivity index (χ0v) is 22.1. The average Bonchev–Trinajstić information content (AvgIpc) is 3.46. The Morgan fingerprint density at radius 1 is 1.16 bits per heavy atom. The first-order valence-corrected chi connectivity index (χ1v) is 12.5. The molecule has 0 saturated carbocycles. The Morgan fingerprint density at radius 3 is 2.70 bits per heavy atom. The number of aromatic nitrogens is 4. The highest BCUT2D eigenvalue weighted by Gasteiger charge is 2.28. The van der Waals surface area contributed by atoms with Crippen LogP contribution in [0.3, 0.4) is 0 Å². The molecule has 0 fully saturated rings. The van der Waals surface area contributed by atoms with Crippen LogP contribution in [0.4, 0.5) is 5.82 Å². The lowest BCUT2D eigenvalue weighted by molar-refractivity contribution is 0.108. The predicted molar refractivity (Wildman–Crippen MR) is 142 cm³/mol. The third kappa shape index (κ3) is 5.13. The molecule has 37 heavy (non-hydrogen) atoms. The maximum absolute atomic E-state index is 10.0. The molecule has 9 nitrogen and oxygen atoms in total. The number of aryl methyl sites for hydroxylation is 2. The van der Waals surface area contributed by atoms with E-state index in [0.717, 1.165) is 5.56 Å². The number of nitrogens with one attached hydrogen (secondary N) is 1. The summed E-state index contributed by atoms with van der Waals surface area (Å²) in [5, 5.41) is 17.9. The van der Waals surface area contributed by atoms with Crippen molar-refractivity contribution in [1.29, 1.82) is 0 Å². The van der Waals surface area contributed by atoms with Gasteiger partial charge in [-0.25, -0.2) is 9.97 Å². The number of likely N-dealkylation sites (N-methyl/N-ethyl adjacent to an activating group) is 1. The van der Waals surface area contributed by atoms with Crippen LogP contribution in [0.1, 0.15) is 22.6 Å². The largest absolute Gasteiger partial charge is 0.491 e. The second-order valence-corrected chi connectivity index (χ2v) is 9.68. The molecule has 3 aromatic heterocycles. The van der Waals surface area contributed by atoms with Crippen LogP contribution in [0.25, 0.3) is 22.6 Å². The Hall–Kier alpha value is -3.24. The Labute approximate surface area is 224 Å². The van der Waals surface area contributed by atoms with Crippen molar-refractivity contribution in [2.75, 3.05) is 25.1 Å². The second-order valence-electron chi connectivity index (χ2n) is 8.90. The van der Waals surface area contributed by atoms with Crippen molar-refractivity contribution in [3.8, 4) is 28.4 Å². The number of pyridine rings is 1. The molecule has 11 heteroatoms. The lowest BCUT2D eigenvalue weighted by atomic mass is 10.1. The van der Waals surface area contributed by atoms with Crippen molar-refractivity contribution in [2.45, 2.75) is 33.0 Å². The van der Waals surface area contributed by atoms with E-state index in [4.69, 9.17) is 42.4 Å². The molecule has 0 amide bonds. The first kappa shape index (κ1) is 25.4. The van der Waals surface area contributed by atoms with Crippen molar-refractivity contribution in [1.82, 2.24) is 25.4 Å². The minimum Gasteiger partial charge on any atom is -0.491 e. The molecule has 4 heterocycles. The maximum Gasteiger partial charge on any atom is 0.163 e. The molecule has 192 valence electrons. The van der Waals surface area contributed by atoms with Crippen LogP contribution in [0.2, 0.25) is 10.0 Å². The minimum atomic E-state index is -0.653. The van der Waals surface area contributed by atoms with Gasteiger partial charge >= 0.3 is 0 Å². The van der Waals surface area contributed by atoms with E-state index < -0.39 is 6.10 Å². The Bertz CT molecular complexity index is 1400. The van der Waals surface area contributed by atoms with Gasteiger partial charge in [-0.15, -0.1) is 0 Å². The van der Waals surface area contributed by atoms with Crippen molar-refractivity contribution in [3.05, 3.63) is 69.3 Å². The highest BCUT2D eigenvalue weighted by atomic mass is 35.5. The van der Waals surface area contributed by atoms with Crippen molar-refractivity contribution < 1.29 is 14.4 Å². The number of hydrogen-bond acceptors (Lipinski definition) is 9. The normalized spacial score (nSPS) is 13.6. The molecule has 0 spiro atoms. The number of halogens is 2. The molecular formula is C26H26Cl2N6O3. The van der Waals surface area contributed by atoms with Gasteiger partial charge in [0.25, 0.3) is 0 Å². The summed E-state index contributed by atoms with van der Waals surface area (Å²) < 4.78 is 11.2. The van der Waals surface area contributed by atoms with Crippen LogP contribution in [0.5, 0.6) is 5.75 Å². The minimum absolute atomic E-state index is 0.124. The highest BCUT2D eigenvalue weighted by Crippen LogP contribution is 2.41. The summed E-state index contributed by atoms with van der Waals surface area (Å²) in [5.41, 5.74) is 4.76. The summed E-state index contributed by atoms with van der Waals surface area (Å²) in [7, 11) is 1.77.